The zero-order valence-corrected chi connectivity index (χ0v) is 36.4. The van der Waals surface area contributed by atoms with Crippen LogP contribution < -0.4 is 10.4 Å². The average Bonchev–Trinajstić information content (AvgIpc) is 3.62. The van der Waals surface area contributed by atoms with Crippen molar-refractivity contribution in [1.82, 2.24) is 0 Å². The van der Waals surface area contributed by atoms with Crippen LogP contribution in [0.4, 0.5) is 0 Å². The summed E-state index contributed by atoms with van der Waals surface area (Å²) in [7, 11) is -4.57. The van der Waals surface area contributed by atoms with Gasteiger partial charge in [-0.1, -0.05) is 0 Å². The molecule has 236 valence electrons. The molecule has 0 saturated carbocycles. The van der Waals surface area contributed by atoms with Crippen LogP contribution in [0.5, 0.6) is 0 Å². The summed E-state index contributed by atoms with van der Waals surface area (Å²) in [6, 6.07) is 35.2. The van der Waals surface area contributed by atoms with Gasteiger partial charge in [0.05, 0.1) is 0 Å². The van der Waals surface area contributed by atoms with Gasteiger partial charge in [0.2, 0.25) is 0 Å². The molecule has 2 atom stereocenters. The molecule has 0 radical (unpaired) electrons. The van der Waals surface area contributed by atoms with Crippen LogP contribution in [0.25, 0.3) is 34.4 Å². The van der Waals surface area contributed by atoms with Crippen LogP contribution in [0.1, 0.15) is 42.9 Å². The van der Waals surface area contributed by atoms with E-state index in [0.717, 1.165) is 0 Å². The summed E-state index contributed by atoms with van der Waals surface area (Å²) in [4.78, 5) is 0. The molecule has 0 aromatic heterocycles. The number of hydrogen-bond donors (Lipinski definition) is 0. The first-order chi connectivity index (χ1) is 21.7. The van der Waals surface area contributed by atoms with Crippen LogP contribution >= 0.6 is 0 Å². The Balaban J connectivity index is 1.38. The van der Waals surface area contributed by atoms with Crippen LogP contribution in [0.15, 0.2) is 95.3 Å². The summed E-state index contributed by atoms with van der Waals surface area (Å²) in [5.74, 6) is 0. The molecule has 1 fully saturated rings. The third-order valence-corrected chi connectivity index (χ3v) is 38.0. The SMILES string of the molecule is CCC[Si]1(C)C2=Cc3c(-c4ccc([Si](C)(C)C)cc4)cccc3[CH]2[Hf]([CH3])([CH3])[CH]2C1=Cc1c(-c3ccc([Si](C)(C)C)cc3)cccc12. The molecule has 0 bridgehead atoms. The van der Waals surface area contributed by atoms with Gasteiger partial charge in [0.25, 0.3) is 0 Å². The van der Waals surface area contributed by atoms with Gasteiger partial charge in [-0.05, 0) is 0 Å². The Morgan fingerprint density at radius 3 is 1.33 bits per heavy atom. The molecule has 2 aliphatic carbocycles. The molecule has 4 aromatic carbocycles. The third-order valence-electron chi connectivity index (χ3n) is 11.8. The van der Waals surface area contributed by atoms with E-state index in [2.05, 4.69) is 159 Å². The van der Waals surface area contributed by atoms with E-state index in [1.807, 2.05) is 10.4 Å². The summed E-state index contributed by atoms with van der Waals surface area (Å²) >= 11 is -3.05. The molecule has 0 N–H and O–H groups in total. The minimum atomic E-state index is -3.05. The standard InChI is InChI=1S/C40H46Si3.2CH3.Hf/c1-9-24-43(8,35-25-31-12-10-14-37(39(31)27-35)29-16-20-33(21-17-29)41(2,3)4)36-26-32-13-11-15-38(40(32)28-36)30-18-22-34(23-19-30)42(5,6)7;;;/h10-23,25-28H,9,24H2,1-8H3;2*1H3;. The zero-order chi connectivity index (χ0) is 32.8. The predicted molar refractivity (Wildman–Crippen MR) is 210 cm³/mol. The average molecular weight is 820 g/mol. The van der Waals surface area contributed by atoms with Crippen molar-refractivity contribution in [3.8, 4) is 22.3 Å². The fraction of sp³-hybridized carbons (Fsp3) is 0.333. The predicted octanol–water partition coefficient (Wildman–Crippen LogP) is 11.5. The molecule has 1 saturated heterocycles. The molecule has 0 amide bonds. The van der Waals surface area contributed by atoms with Crippen molar-refractivity contribution in [2.75, 3.05) is 0 Å². The second-order valence-corrected chi connectivity index (χ2v) is 48.9. The Labute approximate surface area is 286 Å². The van der Waals surface area contributed by atoms with E-state index in [0.29, 0.717) is 7.35 Å². The number of hydrogen-bond acceptors (Lipinski definition) is 0. The summed E-state index contributed by atoms with van der Waals surface area (Å²) in [6.07, 6.45) is 6.76. The van der Waals surface area contributed by atoms with Crippen LogP contribution in [0.3, 0.4) is 0 Å². The Bertz CT molecular complexity index is 1760. The maximum atomic E-state index is 2.80. The molecule has 2 unspecified atom stereocenters. The molecule has 4 aromatic rings. The molecular formula is C42H52HfSi3. The monoisotopic (exact) mass is 820 g/mol. The quantitative estimate of drug-likeness (QED) is 0.170. The Morgan fingerprint density at radius 1 is 0.587 bits per heavy atom. The summed E-state index contributed by atoms with van der Waals surface area (Å²) in [6.45, 7) is 19.9. The zero-order valence-electron chi connectivity index (χ0n) is 29.8. The third kappa shape index (κ3) is 5.04. The Morgan fingerprint density at radius 2 is 0.978 bits per heavy atom. The molecule has 3 aliphatic rings. The minimum absolute atomic E-state index is 0.680. The van der Waals surface area contributed by atoms with E-state index in [1.165, 1.54) is 34.7 Å². The van der Waals surface area contributed by atoms with Crippen LogP contribution in [-0.4, -0.2) is 24.2 Å². The van der Waals surface area contributed by atoms with Gasteiger partial charge in [-0.15, -0.1) is 0 Å². The maximum absolute atomic E-state index is 3.05. The van der Waals surface area contributed by atoms with E-state index < -0.39 is 44.2 Å². The van der Waals surface area contributed by atoms with Crippen LogP contribution in [0.2, 0.25) is 61.2 Å². The molecule has 0 spiro atoms. The fourth-order valence-electron chi connectivity index (χ4n) is 9.29. The number of fused-ring (bicyclic) bond motifs is 6. The van der Waals surface area contributed by atoms with E-state index in [9.17, 15) is 0 Å². The molecule has 7 rings (SSSR count). The first-order valence-corrected chi connectivity index (χ1v) is 38.6. The molecule has 4 heteroatoms. The van der Waals surface area contributed by atoms with E-state index in [-0.39, 0.29) is 0 Å². The summed E-state index contributed by atoms with van der Waals surface area (Å²) in [5, 5.41) is 6.83. The van der Waals surface area contributed by atoms with Crippen molar-refractivity contribution >= 4 is 46.7 Å². The van der Waals surface area contributed by atoms with Crippen molar-refractivity contribution in [1.29, 1.82) is 0 Å². The van der Waals surface area contributed by atoms with Crippen molar-refractivity contribution in [2.24, 2.45) is 0 Å². The van der Waals surface area contributed by atoms with Crippen molar-refractivity contribution in [3.63, 3.8) is 0 Å². The molecule has 1 aliphatic heterocycles. The summed E-state index contributed by atoms with van der Waals surface area (Å²) in [5.41, 5.74) is 12.1. The van der Waals surface area contributed by atoms with Gasteiger partial charge in [-0.2, -0.15) is 0 Å². The van der Waals surface area contributed by atoms with E-state index >= 15 is 0 Å². The number of allylic oxidation sites excluding steroid dienone is 2. The first-order valence-electron chi connectivity index (χ1n) is 17.6. The van der Waals surface area contributed by atoms with Crippen molar-refractivity contribution in [2.45, 2.75) is 81.9 Å². The molecule has 1 heterocycles. The Hall–Kier alpha value is -2.12. The van der Waals surface area contributed by atoms with Gasteiger partial charge >= 0.3 is 288 Å². The van der Waals surface area contributed by atoms with Gasteiger partial charge in [0.15, 0.2) is 0 Å². The normalized spacial score (nSPS) is 22.8. The second kappa shape index (κ2) is 11.2. The fourth-order valence-corrected chi connectivity index (χ4v) is 44.1. The van der Waals surface area contributed by atoms with Gasteiger partial charge in [0.1, 0.15) is 0 Å². The van der Waals surface area contributed by atoms with Crippen molar-refractivity contribution in [3.05, 3.63) is 118 Å². The topological polar surface area (TPSA) is 0 Å². The van der Waals surface area contributed by atoms with E-state index in [1.54, 1.807) is 32.6 Å². The Kier molecular flexibility index (Phi) is 7.91. The van der Waals surface area contributed by atoms with Gasteiger partial charge in [-0.25, -0.2) is 0 Å². The van der Waals surface area contributed by atoms with Gasteiger partial charge in [0, 0.05) is 0 Å². The first kappa shape index (κ1) is 32.4. The van der Waals surface area contributed by atoms with Gasteiger partial charge < -0.3 is 0 Å². The second-order valence-electron chi connectivity index (χ2n) is 17.2. The van der Waals surface area contributed by atoms with Gasteiger partial charge in [-0.3, -0.25) is 0 Å². The molecule has 0 nitrogen and oxygen atoms in total. The number of benzene rings is 4. The van der Waals surface area contributed by atoms with Crippen LogP contribution in [-0.2, 0) is 20.0 Å². The number of rotatable bonds is 6. The van der Waals surface area contributed by atoms with Crippen molar-refractivity contribution < 1.29 is 20.0 Å². The molecular weight excluding hydrogens is 767 g/mol. The summed E-state index contributed by atoms with van der Waals surface area (Å²) < 4.78 is 6.97. The molecule has 46 heavy (non-hydrogen) atoms. The van der Waals surface area contributed by atoms with Crippen LogP contribution in [0, 0.1) is 0 Å². The van der Waals surface area contributed by atoms with E-state index in [4.69, 9.17) is 0 Å².